The van der Waals surface area contributed by atoms with Gasteiger partial charge in [0.25, 0.3) is 0 Å². The molecule has 1 heterocycles. The van der Waals surface area contributed by atoms with Crippen LogP contribution in [0.25, 0.3) is 0 Å². The van der Waals surface area contributed by atoms with Crippen molar-refractivity contribution in [3.63, 3.8) is 0 Å². The zero-order valence-electron chi connectivity index (χ0n) is 10.4. The van der Waals surface area contributed by atoms with Crippen LogP contribution < -0.4 is 11.5 Å². The summed E-state index contributed by atoms with van der Waals surface area (Å²) in [5, 5.41) is 0. The first-order chi connectivity index (χ1) is 8.08. The van der Waals surface area contributed by atoms with Crippen molar-refractivity contribution in [2.24, 2.45) is 0 Å². The van der Waals surface area contributed by atoms with Crippen LogP contribution in [0.15, 0.2) is 0 Å². The second-order valence-electron chi connectivity index (χ2n) is 3.99. The summed E-state index contributed by atoms with van der Waals surface area (Å²) in [6, 6.07) is 0. The van der Waals surface area contributed by atoms with Crippen molar-refractivity contribution >= 4 is 23.7 Å². The molecule has 0 saturated heterocycles. The van der Waals surface area contributed by atoms with E-state index >= 15 is 0 Å². The molecule has 0 aliphatic carbocycles. The molecule has 17 heavy (non-hydrogen) atoms. The number of rotatable bonds is 7. The van der Waals surface area contributed by atoms with Crippen molar-refractivity contribution in [3.05, 3.63) is 5.82 Å². The maximum absolute atomic E-state index is 5.49. The summed E-state index contributed by atoms with van der Waals surface area (Å²) in [5.41, 5.74) is 11.0. The number of thioether (sulfide) groups is 1. The van der Waals surface area contributed by atoms with Gasteiger partial charge in [-0.3, -0.25) is 0 Å². The molecule has 4 N–H and O–H groups in total. The molecule has 0 saturated carbocycles. The Morgan fingerprint density at radius 1 is 1.06 bits per heavy atom. The number of aromatic nitrogens is 3. The van der Waals surface area contributed by atoms with Crippen LogP contribution in [0.1, 0.15) is 12.2 Å². The maximum Gasteiger partial charge on any atom is 0.225 e. The molecule has 1 rings (SSSR count). The van der Waals surface area contributed by atoms with E-state index in [2.05, 4.69) is 33.9 Å². The molecule has 96 valence electrons. The van der Waals surface area contributed by atoms with E-state index in [-0.39, 0.29) is 11.9 Å². The molecule has 0 fully saturated rings. The summed E-state index contributed by atoms with van der Waals surface area (Å²) in [6.07, 6.45) is 1.97. The monoisotopic (exact) mass is 256 g/mol. The van der Waals surface area contributed by atoms with E-state index < -0.39 is 0 Å². The Hall–Kier alpha value is -1.08. The van der Waals surface area contributed by atoms with Crippen LogP contribution >= 0.6 is 11.8 Å². The zero-order chi connectivity index (χ0) is 12.7. The van der Waals surface area contributed by atoms with Gasteiger partial charge in [0, 0.05) is 12.2 Å². The van der Waals surface area contributed by atoms with Crippen LogP contribution in [0, 0.1) is 0 Å². The molecule has 0 aromatic carbocycles. The predicted molar refractivity (Wildman–Crippen MR) is 72.9 cm³/mol. The highest BCUT2D eigenvalue weighted by molar-refractivity contribution is 7.99. The predicted octanol–water partition coefficient (Wildman–Crippen LogP) is 0.263. The Morgan fingerprint density at radius 3 is 2.29 bits per heavy atom. The Balaban J connectivity index is 2.18. The highest BCUT2D eigenvalue weighted by Crippen LogP contribution is 2.07. The Kier molecular flexibility index (Phi) is 5.99. The molecule has 0 atom stereocenters. The van der Waals surface area contributed by atoms with Crippen LogP contribution in [0.2, 0.25) is 0 Å². The fraction of sp³-hybridized carbons (Fsp3) is 0.700. The zero-order valence-corrected chi connectivity index (χ0v) is 11.2. The van der Waals surface area contributed by atoms with Gasteiger partial charge in [0.2, 0.25) is 11.9 Å². The molecule has 0 amide bonds. The van der Waals surface area contributed by atoms with Gasteiger partial charge in [0.15, 0.2) is 0 Å². The van der Waals surface area contributed by atoms with E-state index in [1.807, 2.05) is 11.8 Å². The number of nitrogens with zero attached hydrogens (tertiary/aromatic N) is 4. The number of nitrogen functional groups attached to an aromatic ring is 2. The van der Waals surface area contributed by atoms with E-state index in [0.29, 0.717) is 5.82 Å². The van der Waals surface area contributed by atoms with Crippen molar-refractivity contribution in [1.29, 1.82) is 0 Å². The largest absolute Gasteiger partial charge is 0.368 e. The lowest BCUT2D eigenvalue weighted by atomic mass is 10.4. The van der Waals surface area contributed by atoms with Gasteiger partial charge in [0.1, 0.15) is 5.82 Å². The molecule has 0 radical (unpaired) electrons. The Labute approximate surface area is 106 Å². The number of nitrogens with two attached hydrogens (primary N) is 2. The molecule has 0 aliphatic rings. The minimum absolute atomic E-state index is 0.199. The lowest BCUT2D eigenvalue weighted by molar-refractivity contribution is 0.410. The third-order valence-corrected chi connectivity index (χ3v) is 3.15. The number of aryl methyl sites for hydroxylation is 1. The van der Waals surface area contributed by atoms with Gasteiger partial charge in [-0.05, 0) is 32.8 Å². The maximum atomic E-state index is 5.49. The SMILES string of the molecule is CN(C)CCCSCCc1nc(N)nc(N)n1. The quantitative estimate of drug-likeness (QED) is 0.676. The first kappa shape index (κ1) is 14.0. The lowest BCUT2D eigenvalue weighted by Gasteiger charge is -2.08. The highest BCUT2D eigenvalue weighted by atomic mass is 32.2. The minimum Gasteiger partial charge on any atom is -0.368 e. The third-order valence-electron chi connectivity index (χ3n) is 2.08. The van der Waals surface area contributed by atoms with Crippen LogP contribution in [0.4, 0.5) is 11.9 Å². The average Bonchev–Trinajstić information content (AvgIpc) is 2.21. The Bertz CT molecular complexity index is 323. The summed E-state index contributed by atoms with van der Waals surface area (Å²) in [4.78, 5) is 14.0. The van der Waals surface area contributed by atoms with Gasteiger partial charge >= 0.3 is 0 Å². The number of hydrogen-bond donors (Lipinski definition) is 2. The van der Waals surface area contributed by atoms with Crippen LogP contribution in [-0.4, -0.2) is 52.0 Å². The molecule has 0 bridgehead atoms. The van der Waals surface area contributed by atoms with Crippen LogP contribution in [0.3, 0.4) is 0 Å². The molecule has 0 unspecified atom stereocenters. The molecular formula is C10H20N6S. The lowest BCUT2D eigenvalue weighted by Crippen LogP contribution is -2.13. The highest BCUT2D eigenvalue weighted by Gasteiger charge is 2.01. The van der Waals surface area contributed by atoms with Crippen LogP contribution in [-0.2, 0) is 6.42 Å². The number of hydrogen-bond acceptors (Lipinski definition) is 7. The van der Waals surface area contributed by atoms with Crippen molar-refractivity contribution < 1.29 is 0 Å². The first-order valence-corrected chi connectivity index (χ1v) is 6.72. The summed E-state index contributed by atoms with van der Waals surface area (Å²) in [5.74, 6) is 3.20. The van der Waals surface area contributed by atoms with Gasteiger partial charge in [0.05, 0.1) is 0 Å². The second kappa shape index (κ2) is 7.29. The fourth-order valence-electron chi connectivity index (χ4n) is 1.32. The van der Waals surface area contributed by atoms with Crippen molar-refractivity contribution in [2.75, 3.05) is 43.6 Å². The normalized spacial score (nSPS) is 11.0. The van der Waals surface area contributed by atoms with Gasteiger partial charge in [-0.15, -0.1) is 0 Å². The standard InChI is InChI=1S/C10H20N6S/c1-16(2)5-3-6-17-7-4-8-13-9(11)15-10(12)14-8/h3-7H2,1-2H3,(H4,11,12,13,14,15). The summed E-state index contributed by atoms with van der Waals surface area (Å²) in [6.45, 7) is 1.12. The average molecular weight is 256 g/mol. The fourth-order valence-corrected chi connectivity index (χ4v) is 2.18. The van der Waals surface area contributed by atoms with E-state index in [0.717, 1.165) is 24.5 Å². The first-order valence-electron chi connectivity index (χ1n) is 5.56. The summed E-state index contributed by atoms with van der Waals surface area (Å²) >= 11 is 1.89. The third kappa shape index (κ3) is 6.28. The van der Waals surface area contributed by atoms with Gasteiger partial charge in [-0.2, -0.15) is 26.7 Å². The smallest absolute Gasteiger partial charge is 0.225 e. The van der Waals surface area contributed by atoms with E-state index in [1.54, 1.807) is 0 Å². The topological polar surface area (TPSA) is 94.0 Å². The summed E-state index contributed by atoms with van der Waals surface area (Å²) in [7, 11) is 4.17. The van der Waals surface area contributed by atoms with E-state index in [9.17, 15) is 0 Å². The second-order valence-corrected chi connectivity index (χ2v) is 5.21. The van der Waals surface area contributed by atoms with E-state index in [1.165, 1.54) is 6.42 Å². The van der Waals surface area contributed by atoms with Gasteiger partial charge < -0.3 is 16.4 Å². The molecule has 6 nitrogen and oxygen atoms in total. The molecular weight excluding hydrogens is 236 g/mol. The van der Waals surface area contributed by atoms with Gasteiger partial charge in [-0.25, -0.2) is 0 Å². The number of anilines is 2. The minimum atomic E-state index is 0.199. The van der Waals surface area contributed by atoms with E-state index in [4.69, 9.17) is 11.5 Å². The van der Waals surface area contributed by atoms with Crippen molar-refractivity contribution in [3.8, 4) is 0 Å². The molecule has 0 aliphatic heterocycles. The summed E-state index contributed by atoms with van der Waals surface area (Å²) < 4.78 is 0. The molecule has 7 heteroatoms. The molecule has 1 aromatic rings. The molecule has 0 spiro atoms. The Morgan fingerprint density at radius 2 is 1.71 bits per heavy atom. The van der Waals surface area contributed by atoms with Gasteiger partial charge in [-0.1, -0.05) is 0 Å². The van der Waals surface area contributed by atoms with Crippen molar-refractivity contribution in [1.82, 2.24) is 19.9 Å². The van der Waals surface area contributed by atoms with Crippen molar-refractivity contribution in [2.45, 2.75) is 12.8 Å². The van der Waals surface area contributed by atoms with Crippen LogP contribution in [0.5, 0.6) is 0 Å². The molecule has 1 aromatic heterocycles.